The topological polar surface area (TPSA) is 79.5 Å². The molecule has 0 bridgehead atoms. The van der Waals surface area contributed by atoms with Crippen molar-refractivity contribution in [1.29, 1.82) is 0 Å². The molecule has 1 aromatic heterocycles. The molecule has 2 N–H and O–H groups in total. The van der Waals surface area contributed by atoms with Crippen molar-refractivity contribution < 1.29 is 17.9 Å². The van der Waals surface area contributed by atoms with Crippen molar-refractivity contribution in [2.75, 3.05) is 6.54 Å². The number of furan rings is 1. The quantitative estimate of drug-likeness (QED) is 0.852. The summed E-state index contributed by atoms with van der Waals surface area (Å²) < 4.78 is 31.6. The van der Waals surface area contributed by atoms with Crippen molar-refractivity contribution in [2.24, 2.45) is 0 Å². The summed E-state index contributed by atoms with van der Waals surface area (Å²) in [4.78, 5) is 0.198. The van der Waals surface area contributed by atoms with E-state index in [0.717, 1.165) is 12.0 Å². The van der Waals surface area contributed by atoms with E-state index in [1.165, 1.54) is 12.3 Å². The van der Waals surface area contributed by atoms with Crippen LogP contribution in [-0.2, 0) is 16.4 Å². The van der Waals surface area contributed by atoms with Gasteiger partial charge in [0.05, 0.1) is 11.2 Å². The standard InChI is InChI=1S/C14H17NO4S/c1-2-11-5-3-6-12(9-11)20(17,18)15-10-13(16)14-7-4-8-19-14/h3-9,13,15-16H,2,10H2,1H3. The van der Waals surface area contributed by atoms with Gasteiger partial charge in [-0.2, -0.15) is 0 Å². The Kier molecular flexibility index (Phi) is 4.59. The van der Waals surface area contributed by atoms with Crippen molar-refractivity contribution in [3.05, 3.63) is 54.0 Å². The fourth-order valence-corrected chi connectivity index (χ4v) is 2.89. The number of hydrogen-bond donors (Lipinski definition) is 2. The third-order valence-electron chi connectivity index (χ3n) is 2.96. The second-order valence-electron chi connectivity index (χ2n) is 4.38. The summed E-state index contributed by atoms with van der Waals surface area (Å²) in [5.74, 6) is 0.329. The minimum atomic E-state index is -3.63. The number of aliphatic hydroxyl groups excluding tert-OH is 1. The van der Waals surface area contributed by atoms with E-state index in [9.17, 15) is 13.5 Å². The lowest BCUT2D eigenvalue weighted by Crippen LogP contribution is -2.28. The van der Waals surface area contributed by atoms with Gasteiger partial charge in [0.25, 0.3) is 0 Å². The Bertz CT molecular complexity index is 650. The van der Waals surface area contributed by atoms with Crippen LogP contribution in [0.1, 0.15) is 24.4 Å². The molecule has 2 aromatic rings. The molecule has 108 valence electrons. The Morgan fingerprint density at radius 2 is 2.10 bits per heavy atom. The fourth-order valence-electron chi connectivity index (χ4n) is 1.79. The van der Waals surface area contributed by atoms with Crippen molar-refractivity contribution in [3.8, 4) is 0 Å². The molecule has 0 amide bonds. The minimum Gasteiger partial charge on any atom is -0.467 e. The highest BCUT2D eigenvalue weighted by Gasteiger charge is 2.18. The van der Waals surface area contributed by atoms with Crippen LogP contribution in [0.5, 0.6) is 0 Å². The SMILES string of the molecule is CCc1cccc(S(=O)(=O)NCC(O)c2ccco2)c1. The first-order valence-electron chi connectivity index (χ1n) is 6.33. The van der Waals surface area contributed by atoms with Gasteiger partial charge in [0.1, 0.15) is 11.9 Å². The van der Waals surface area contributed by atoms with E-state index in [0.29, 0.717) is 5.76 Å². The number of sulfonamides is 1. The van der Waals surface area contributed by atoms with E-state index in [-0.39, 0.29) is 11.4 Å². The number of nitrogens with one attached hydrogen (secondary N) is 1. The first-order valence-corrected chi connectivity index (χ1v) is 7.81. The summed E-state index contributed by atoms with van der Waals surface area (Å²) in [6.07, 6.45) is 1.19. The monoisotopic (exact) mass is 295 g/mol. The Balaban J connectivity index is 2.07. The number of aryl methyl sites for hydroxylation is 1. The average molecular weight is 295 g/mol. The van der Waals surface area contributed by atoms with Gasteiger partial charge in [0.15, 0.2) is 0 Å². The molecule has 5 nitrogen and oxygen atoms in total. The van der Waals surface area contributed by atoms with Gasteiger partial charge in [-0.05, 0) is 36.2 Å². The van der Waals surface area contributed by atoms with E-state index in [2.05, 4.69) is 4.72 Å². The van der Waals surface area contributed by atoms with E-state index >= 15 is 0 Å². The number of rotatable bonds is 6. The highest BCUT2D eigenvalue weighted by molar-refractivity contribution is 7.89. The molecule has 1 heterocycles. The van der Waals surface area contributed by atoms with Crippen LogP contribution in [0.4, 0.5) is 0 Å². The number of hydrogen-bond acceptors (Lipinski definition) is 4. The molecular weight excluding hydrogens is 278 g/mol. The molecule has 0 spiro atoms. The third-order valence-corrected chi connectivity index (χ3v) is 4.38. The average Bonchev–Trinajstić information content (AvgIpc) is 2.99. The molecule has 0 saturated heterocycles. The van der Waals surface area contributed by atoms with Gasteiger partial charge in [-0.3, -0.25) is 0 Å². The molecular formula is C14H17NO4S. The molecule has 1 unspecified atom stereocenters. The summed E-state index contributed by atoms with van der Waals surface area (Å²) in [5, 5.41) is 9.80. The summed E-state index contributed by atoms with van der Waals surface area (Å²) in [7, 11) is -3.63. The van der Waals surface area contributed by atoms with Crippen LogP contribution in [0.25, 0.3) is 0 Å². The van der Waals surface area contributed by atoms with Crippen LogP contribution in [0.15, 0.2) is 52.0 Å². The van der Waals surface area contributed by atoms with E-state index in [1.807, 2.05) is 13.0 Å². The Morgan fingerprint density at radius 1 is 1.30 bits per heavy atom. The molecule has 0 aliphatic carbocycles. The normalized spacial score (nSPS) is 13.3. The maximum atomic E-state index is 12.1. The van der Waals surface area contributed by atoms with Gasteiger partial charge in [-0.1, -0.05) is 19.1 Å². The largest absolute Gasteiger partial charge is 0.467 e. The van der Waals surface area contributed by atoms with E-state index in [1.54, 1.807) is 24.3 Å². The molecule has 0 saturated carbocycles. The molecule has 20 heavy (non-hydrogen) atoms. The summed E-state index contributed by atoms with van der Waals surface area (Å²) >= 11 is 0. The van der Waals surface area contributed by atoms with E-state index < -0.39 is 16.1 Å². The van der Waals surface area contributed by atoms with Crippen LogP contribution < -0.4 is 4.72 Å². The zero-order valence-corrected chi connectivity index (χ0v) is 11.9. The number of benzene rings is 1. The summed E-state index contributed by atoms with van der Waals surface area (Å²) in [5.41, 5.74) is 0.944. The fraction of sp³-hybridized carbons (Fsp3) is 0.286. The molecule has 0 fully saturated rings. The third kappa shape index (κ3) is 3.47. The van der Waals surface area contributed by atoms with Gasteiger partial charge in [0, 0.05) is 6.54 Å². The smallest absolute Gasteiger partial charge is 0.240 e. The lowest BCUT2D eigenvalue weighted by Gasteiger charge is -2.11. The molecule has 0 aliphatic heterocycles. The van der Waals surface area contributed by atoms with Gasteiger partial charge in [-0.15, -0.1) is 0 Å². The van der Waals surface area contributed by atoms with Crippen LogP contribution >= 0.6 is 0 Å². The van der Waals surface area contributed by atoms with Gasteiger partial charge >= 0.3 is 0 Å². The van der Waals surface area contributed by atoms with Crippen molar-refractivity contribution in [2.45, 2.75) is 24.3 Å². The van der Waals surface area contributed by atoms with Crippen molar-refractivity contribution >= 4 is 10.0 Å². The Morgan fingerprint density at radius 3 is 2.75 bits per heavy atom. The van der Waals surface area contributed by atoms with Gasteiger partial charge in [-0.25, -0.2) is 13.1 Å². The Labute approximate surface area is 118 Å². The predicted molar refractivity (Wildman–Crippen MR) is 74.7 cm³/mol. The van der Waals surface area contributed by atoms with Gasteiger partial charge in [0.2, 0.25) is 10.0 Å². The lowest BCUT2D eigenvalue weighted by molar-refractivity contribution is 0.154. The molecule has 0 aliphatic rings. The molecule has 2 rings (SSSR count). The second-order valence-corrected chi connectivity index (χ2v) is 6.15. The first kappa shape index (κ1) is 14.8. The molecule has 1 atom stereocenters. The summed E-state index contributed by atoms with van der Waals surface area (Å²) in [6, 6.07) is 9.96. The zero-order chi connectivity index (χ0) is 14.6. The highest BCUT2D eigenvalue weighted by atomic mass is 32.2. The first-order chi connectivity index (χ1) is 9.53. The molecule has 0 radical (unpaired) electrons. The van der Waals surface area contributed by atoms with Crippen LogP contribution in [0, 0.1) is 0 Å². The van der Waals surface area contributed by atoms with Crippen molar-refractivity contribution in [3.63, 3.8) is 0 Å². The highest BCUT2D eigenvalue weighted by Crippen LogP contribution is 2.15. The van der Waals surface area contributed by atoms with Gasteiger partial charge < -0.3 is 9.52 Å². The maximum Gasteiger partial charge on any atom is 0.240 e. The van der Waals surface area contributed by atoms with Crippen LogP contribution in [0.2, 0.25) is 0 Å². The van der Waals surface area contributed by atoms with Crippen LogP contribution in [0.3, 0.4) is 0 Å². The Hall–Kier alpha value is -1.63. The zero-order valence-electron chi connectivity index (χ0n) is 11.1. The predicted octanol–water partition coefficient (Wildman–Crippen LogP) is 1.85. The minimum absolute atomic E-state index is 0.133. The van der Waals surface area contributed by atoms with Crippen LogP contribution in [-0.4, -0.2) is 20.1 Å². The summed E-state index contributed by atoms with van der Waals surface area (Å²) in [6.45, 7) is 1.83. The number of aliphatic hydroxyl groups is 1. The molecule has 1 aromatic carbocycles. The lowest BCUT2D eigenvalue weighted by atomic mass is 10.2. The van der Waals surface area contributed by atoms with Crippen molar-refractivity contribution in [1.82, 2.24) is 4.72 Å². The second kappa shape index (κ2) is 6.21. The maximum absolute atomic E-state index is 12.1. The molecule has 6 heteroatoms. The van der Waals surface area contributed by atoms with E-state index in [4.69, 9.17) is 4.42 Å².